The number of oxazole rings is 1. The number of aliphatic hydroxyl groups is 1. The van der Waals surface area contributed by atoms with E-state index in [1.807, 2.05) is 25.1 Å². The summed E-state index contributed by atoms with van der Waals surface area (Å²) in [5, 5.41) is 10.1. The van der Waals surface area contributed by atoms with Gasteiger partial charge in [0.15, 0.2) is 5.58 Å². The lowest BCUT2D eigenvalue weighted by atomic mass is 10.1. The Balaban J connectivity index is 2.15. The lowest BCUT2D eigenvalue weighted by Gasteiger charge is -1.99. The van der Waals surface area contributed by atoms with E-state index < -0.39 is 0 Å². The molecule has 1 aromatic heterocycles. The van der Waals surface area contributed by atoms with Gasteiger partial charge in [0.2, 0.25) is 5.89 Å². The molecule has 0 unspecified atom stereocenters. The van der Waals surface area contributed by atoms with Crippen LogP contribution in [0.1, 0.15) is 11.1 Å². The summed E-state index contributed by atoms with van der Waals surface area (Å²) < 4.78 is 5.73. The summed E-state index contributed by atoms with van der Waals surface area (Å²) in [5.41, 5.74) is 3.81. The fourth-order valence-corrected chi connectivity index (χ4v) is 2.38. The van der Waals surface area contributed by atoms with Gasteiger partial charge in [-0.1, -0.05) is 18.2 Å². The molecule has 3 rings (SSSR count). The van der Waals surface area contributed by atoms with E-state index in [-0.39, 0.29) is 5.76 Å². The van der Waals surface area contributed by atoms with Gasteiger partial charge in [-0.15, -0.1) is 0 Å². The first-order valence-corrected chi connectivity index (χ1v) is 6.47. The Labute approximate surface area is 121 Å². The molecule has 0 aliphatic heterocycles. The zero-order chi connectivity index (χ0) is 14.3. The first-order chi connectivity index (χ1) is 9.52. The minimum Gasteiger partial charge on any atom is -0.508 e. The summed E-state index contributed by atoms with van der Waals surface area (Å²) in [5.74, 6) is 0.509. The lowest BCUT2D eigenvalue weighted by molar-refractivity contribution is 0.513. The first kappa shape index (κ1) is 12.8. The van der Waals surface area contributed by atoms with E-state index in [1.165, 1.54) is 0 Å². The summed E-state index contributed by atoms with van der Waals surface area (Å²) in [6.07, 6.45) is 0. The molecule has 0 atom stereocenters. The van der Waals surface area contributed by atoms with Gasteiger partial charge in [-0.25, -0.2) is 4.98 Å². The van der Waals surface area contributed by atoms with Crippen molar-refractivity contribution in [3.05, 3.63) is 59.1 Å². The Morgan fingerprint density at radius 1 is 1.25 bits per heavy atom. The van der Waals surface area contributed by atoms with E-state index in [1.54, 1.807) is 18.2 Å². The van der Waals surface area contributed by atoms with E-state index >= 15 is 0 Å². The molecule has 0 aliphatic carbocycles. The maximum atomic E-state index is 9.41. The van der Waals surface area contributed by atoms with Crippen molar-refractivity contribution in [3.63, 3.8) is 0 Å². The van der Waals surface area contributed by atoms with Crippen LogP contribution >= 0.6 is 11.6 Å². The molecule has 0 aliphatic rings. The summed E-state index contributed by atoms with van der Waals surface area (Å²) in [6.45, 7) is 5.46. The molecular formula is C16H12ClNO2. The summed E-state index contributed by atoms with van der Waals surface area (Å²) in [6, 6.07) is 10.9. The highest BCUT2D eigenvalue weighted by Crippen LogP contribution is 2.28. The smallest absolute Gasteiger partial charge is 0.227 e. The molecular weight excluding hydrogens is 274 g/mol. The highest BCUT2D eigenvalue weighted by molar-refractivity contribution is 6.30. The predicted octanol–water partition coefficient (Wildman–Crippen LogP) is 4.99. The fourth-order valence-electron chi connectivity index (χ4n) is 2.09. The van der Waals surface area contributed by atoms with Gasteiger partial charge in [-0.2, -0.15) is 0 Å². The Morgan fingerprint density at radius 2 is 2.05 bits per heavy atom. The highest BCUT2D eigenvalue weighted by Gasteiger charge is 2.10. The van der Waals surface area contributed by atoms with E-state index in [9.17, 15) is 5.11 Å². The lowest BCUT2D eigenvalue weighted by Crippen LogP contribution is -1.80. The zero-order valence-electron chi connectivity index (χ0n) is 10.9. The third-order valence-electron chi connectivity index (χ3n) is 3.01. The van der Waals surface area contributed by atoms with Crippen molar-refractivity contribution >= 4 is 28.5 Å². The van der Waals surface area contributed by atoms with E-state index in [0.717, 1.165) is 16.6 Å². The molecule has 0 amide bonds. The number of aliphatic hydroxyl groups excluding tert-OH is 1. The second-order valence-corrected chi connectivity index (χ2v) is 5.10. The van der Waals surface area contributed by atoms with Crippen molar-refractivity contribution in [2.75, 3.05) is 0 Å². The Kier molecular flexibility index (Phi) is 2.99. The summed E-state index contributed by atoms with van der Waals surface area (Å²) in [7, 11) is 0. The average Bonchev–Trinajstić information content (AvgIpc) is 2.80. The van der Waals surface area contributed by atoms with Crippen molar-refractivity contribution < 1.29 is 9.52 Å². The third-order valence-corrected chi connectivity index (χ3v) is 3.23. The summed E-state index contributed by atoms with van der Waals surface area (Å²) >= 11 is 6.05. The minimum atomic E-state index is 0.00319. The predicted molar refractivity (Wildman–Crippen MR) is 80.9 cm³/mol. The molecule has 3 nitrogen and oxygen atoms in total. The second-order valence-electron chi connectivity index (χ2n) is 4.67. The van der Waals surface area contributed by atoms with Crippen molar-refractivity contribution in [2.45, 2.75) is 6.92 Å². The summed E-state index contributed by atoms with van der Waals surface area (Å²) in [4.78, 5) is 4.43. The Hall–Kier alpha value is -2.26. The van der Waals surface area contributed by atoms with Crippen LogP contribution in [-0.4, -0.2) is 10.1 Å². The standard InChI is InChI=1S/C16H12ClNO2/c1-9-5-12(7-13(17)6-9)16-18-14-4-3-11(10(2)19)8-15(14)20-16/h3-8,19H,2H2,1H3. The molecule has 0 bridgehead atoms. The number of benzene rings is 2. The maximum Gasteiger partial charge on any atom is 0.227 e. The van der Waals surface area contributed by atoms with Crippen LogP contribution in [0.15, 0.2) is 47.4 Å². The number of hydrogen-bond donors (Lipinski definition) is 1. The molecule has 0 fully saturated rings. The number of rotatable bonds is 2. The number of halogens is 1. The van der Waals surface area contributed by atoms with Crippen molar-refractivity contribution in [1.29, 1.82) is 0 Å². The number of hydrogen-bond acceptors (Lipinski definition) is 3. The van der Waals surface area contributed by atoms with Crippen molar-refractivity contribution in [2.24, 2.45) is 0 Å². The first-order valence-electron chi connectivity index (χ1n) is 6.09. The van der Waals surface area contributed by atoms with Gasteiger partial charge in [0, 0.05) is 16.1 Å². The highest BCUT2D eigenvalue weighted by atomic mass is 35.5. The van der Waals surface area contributed by atoms with Crippen LogP contribution in [0, 0.1) is 6.92 Å². The third kappa shape index (κ3) is 2.28. The normalized spacial score (nSPS) is 10.9. The van der Waals surface area contributed by atoms with Gasteiger partial charge in [0.25, 0.3) is 0 Å². The van der Waals surface area contributed by atoms with E-state index in [2.05, 4.69) is 11.6 Å². The fraction of sp³-hybridized carbons (Fsp3) is 0.0625. The Morgan fingerprint density at radius 3 is 2.75 bits per heavy atom. The van der Waals surface area contributed by atoms with E-state index in [0.29, 0.717) is 22.1 Å². The number of fused-ring (bicyclic) bond motifs is 1. The zero-order valence-corrected chi connectivity index (χ0v) is 11.6. The maximum absolute atomic E-state index is 9.41. The number of aromatic nitrogens is 1. The topological polar surface area (TPSA) is 46.3 Å². The van der Waals surface area contributed by atoms with Crippen LogP contribution in [-0.2, 0) is 0 Å². The van der Waals surface area contributed by atoms with Gasteiger partial charge in [-0.05, 0) is 48.9 Å². The Bertz CT molecular complexity index is 800. The van der Waals surface area contributed by atoms with Crippen LogP contribution in [0.4, 0.5) is 0 Å². The van der Waals surface area contributed by atoms with Crippen LogP contribution in [0.25, 0.3) is 28.3 Å². The van der Waals surface area contributed by atoms with Crippen LogP contribution in [0.3, 0.4) is 0 Å². The molecule has 2 aromatic carbocycles. The molecule has 3 aromatic rings. The van der Waals surface area contributed by atoms with Gasteiger partial charge < -0.3 is 9.52 Å². The van der Waals surface area contributed by atoms with Gasteiger partial charge >= 0.3 is 0 Å². The van der Waals surface area contributed by atoms with E-state index in [4.69, 9.17) is 16.0 Å². The van der Waals surface area contributed by atoms with Crippen molar-refractivity contribution in [3.8, 4) is 11.5 Å². The minimum absolute atomic E-state index is 0.00319. The molecule has 100 valence electrons. The molecule has 1 N–H and O–H groups in total. The second kappa shape index (κ2) is 4.69. The quantitative estimate of drug-likeness (QED) is 0.675. The molecule has 0 spiro atoms. The SMILES string of the molecule is C=C(O)c1ccc2nc(-c3cc(C)cc(Cl)c3)oc2c1. The molecule has 1 heterocycles. The van der Waals surface area contributed by atoms with Gasteiger partial charge in [0.1, 0.15) is 11.3 Å². The van der Waals surface area contributed by atoms with Gasteiger partial charge in [-0.3, -0.25) is 0 Å². The monoisotopic (exact) mass is 285 g/mol. The van der Waals surface area contributed by atoms with Gasteiger partial charge in [0.05, 0.1) is 0 Å². The van der Waals surface area contributed by atoms with Crippen LogP contribution in [0.5, 0.6) is 0 Å². The molecule has 0 saturated heterocycles. The van der Waals surface area contributed by atoms with Crippen LogP contribution in [0.2, 0.25) is 5.02 Å². The molecule has 4 heteroatoms. The largest absolute Gasteiger partial charge is 0.508 e. The number of aryl methyl sites for hydroxylation is 1. The number of nitrogens with zero attached hydrogens (tertiary/aromatic N) is 1. The van der Waals surface area contributed by atoms with Crippen molar-refractivity contribution in [1.82, 2.24) is 4.98 Å². The molecule has 0 radical (unpaired) electrons. The molecule has 0 saturated carbocycles. The molecule has 20 heavy (non-hydrogen) atoms. The average molecular weight is 286 g/mol. The van der Waals surface area contributed by atoms with Crippen LogP contribution < -0.4 is 0 Å².